The minimum Gasteiger partial charge on any atom is -0.330 e. The summed E-state index contributed by atoms with van der Waals surface area (Å²) in [6, 6.07) is 18.5. The first-order valence-electron chi connectivity index (χ1n) is 5.79. The summed E-state index contributed by atoms with van der Waals surface area (Å²) in [5.74, 6) is 0. The van der Waals surface area contributed by atoms with Gasteiger partial charge < -0.3 is 5.32 Å². The molecule has 94 valence electrons. The van der Waals surface area contributed by atoms with Crippen LogP contribution in [0.3, 0.4) is 0 Å². The van der Waals surface area contributed by atoms with E-state index in [0.29, 0.717) is 3.95 Å². The van der Waals surface area contributed by atoms with Gasteiger partial charge in [0, 0.05) is 5.69 Å². The highest BCUT2D eigenvalue weighted by Crippen LogP contribution is 2.23. The second-order valence-electron chi connectivity index (χ2n) is 3.99. The Hall–Kier alpha value is -1.98. The molecular weight excluding hydrogens is 274 g/mol. The number of nitrogens with zero attached hydrogens (tertiary/aromatic N) is 1. The van der Waals surface area contributed by atoms with Crippen molar-refractivity contribution in [2.45, 2.75) is 0 Å². The molecule has 19 heavy (non-hydrogen) atoms. The number of H-pyrrole nitrogens is 1. The third-order valence-electron chi connectivity index (χ3n) is 2.68. The summed E-state index contributed by atoms with van der Waals surface area (Å²) in [6.07, 6.45) is 0. The second-order valence-corrected chi connectivity index (χ2v) is 5.65. The standard InChI is InChI=1S/C14H11N3S2/c18-14-17-16-13(19-14)15-12-8-6-11(7-9-12)10-4-2-1-3-5-10/h1-9H,(H,15,16)(H,17,18). The summed E-state index contributed by atoms with van der Waals surface area (Å²) >= 11 is 6.41. The molecule has 0 aliphatic heterocycles. The summed E-state index contributed by atoms with van der Waals surface area (Å²) in [5.41, 5.74) is 3.41. The number of nitrogens with one attached hydrogen (secondary N) is 2. The van der Waals surface area contributed by atoms with E-state index in [1.165, 1.54) is 22.5 Å². The Balaban J connectivity index is 1.81. The summed E-state index contributed by atoms with van der Waals surface area (Å²) in [7, 11) is 0. The first-order chi connectivity index (χ1) is 9.31. The van der Waals surface area contributed by atoms with E-state index in [0.717, 1.165) is 10.8 Å². The molecule has 3 nitrogen and oxygen atoms in total. The predicted molar refractivity (Wildman–Crippen MR) is 82.5 cm³/mol. The highest BCUT2D eigenvalue weighted by Gasteiger charge is 2.00. The van der Waals surface area contributed by atoms with E-state index < -0.39 is 0 Å². The van der Waals surface area contributed by atoms with Crippen LogP contribution in [0.5, 0.6) is 0 Å². The minimum atomic E-state index is 0.670. The van der Waals surface area contributed by atoms with Crippen LogP contribution in [0.2, 0.25) is 0 Å². The number of aromatic amines is 1. The Morgan fingerprint density at radius 3 is 2.26 bits per heavy atom. The zero-order chi connectivity index (χ0) is 13.1. The Labute approximate surface area is 120 Å². The second kappa shape index (κ2) is 5.34. The molecule has 2 N–H and O–H groups in total. The fourth-order valence-corrected chi connectivity index (χ4v) is 2.59. The Morgan fingerprint density at radius 1 is 0.947 bits per heavy atom. The highest BCUT2D eigenvalue weighted by atomic mass is 32.1. The number of hydrogen-bond acceptors (Lipinski definition) is 4. The van der Waals surface area contributed by atoms with E-state index in [1.807, 2.05) is 30.3 Å². The molecule has 3 rings (SSSR count). The molecule has 0 aliphatic carbocycles. The van der Waals surface area contributed by atoms with Gasteiger partial charge in [-0.1, -0.05) is 53.8 Å². The van der Waals surface area contributed by atoms with Gasteiger partial charge in [-0.25, -0.2) is 0 Å². The fourth-order valence-electron chi connectivity index (χ4n) is 1.78. The largest absolute Gasteiger partial charge is 0.330 e. The average Bonchev–Trinajstić information content (AvgIpc) is 2.86. The van der Waals surface area contributed by atoms with Crippen molar-refractivity contribution in [3.63, 3.8) is 0 Å². The minimum absolute atomic E-state index is 0.670. The monoisotopic (exact) mass is 285 g/mol. The summed E-state index contributed by atoms with van der Waals surface area (Å²) in [6.45, 7) is 0. The van der Waals surface area contributed by atoms with Crippen LogP contribution in [-0.2, 0) is 0 Å². The van der Waals surface area contributed by atoms with Gasteiger partial charge in [0.2, 0.25) is 5.13 Å². The van der Waals surface area contributed by atoms with Crippen LogP contribution in [-0.4, -0.2) is 10.2 Å². The molecule has 0 saturated carbocycles. The smallest absolute Gasteiger partial charge is 0.208 e. The van der Waals surface area contributed by atoms with Crippen LogP contribution in [0.15, 0.2) is 54.6 Å². The van der Waals surface area contributed by atoms with E-state index in [1.54, 1.807) is 0 Å². The summed E-state index contributed by atoms with van der Waals surface area (Å²) < 4.78 is 0.670. The molecule has 0 unspecified atom stereocenters. The molecule has 0 aliphatic rings. The summed E-state index contributed by atoms with van der Waals surface area (Å²) in [5, 5.41) is 10.8. The molecule has 0 saturated heterocycles. The van der Waals surface area contributed by atoms with Crippen molar-refractivity contribution in [2.24, 2.45) is 0 Å². The first-order valence-corrected chi connectivity index (χ1v) is 7.02. The number of rotatable bonds is 3. The molecule has 0 bridgehead atoms. The van der Waals surface area contributed by atoms with Gasteiger partial charge in [0.1, 0.15) is 0 Å². The number of anilines is 2. The lowest BCUT2D eigenvalue weighted by atomic mass is 10.1. The van der Waals surface area contributed by atoms with Crippen LogP contribution < -0.4 is 5.32 Å². The zero-order valence-corrected chi connectivity index (χ0v) is 11.6. The van der Waals surface area contributed by atoms with Crippen molar-refractivity contribution in [3.05, 3.63) is 58.6 Å². The molecular formula is C14H11N3S2. The third-order valence-corrected chi connectivity index (χ3v) is 3.69. The molecule has 1 aromatic heterocycles. The van der Waals surface area contributed by atoms with Crippen molar-refractivity contribution < 1.29 is 0 Å². The van der Waals surface area contributed by atoms with Crippen molar-refractivity contribution in [2.75, 3.05) is 5.32 Å². The van der Waals surface area contributed by atoms with E-state index in [9.17, 15) is 0 Å². The van der Waals surface area contributed by atoms with Gasteiger partial charge in [-0.05, 0) is 35.5 Å². The quantitative estimate of drug-likeness (QED) is 0.690. The molecule has 1 heterocycles. The lowest BCUT2D eigenvalue weighted by Crippen LogP contribution is -1.89. The van der Waals surface area contributed by atoms with E-state index in [2.05, 4.69) is 39.8 Å². The maximum Gasteiger partial charge on any atom is 0.208 e. The Bertz CT molecular complexity index is 714. The molecule has 3 aromatic rings. The van der Waals surface area contributed by atoms with Gasteiger partial charge in [-0.15, -0.1) is 5.10 Å². The van der Waals surface area contributed by atoms with Crippen molar-refractivity contribution in [1.29, 1.82) is 0 Å². The molecule has 0 radical (unpaired) electrons. The van der Waals surface area contributed by atoms with Crippen molar-refractivity contribution >= 4 is 34.4 Å². The fraction of sp³-hybridized carbons (Fsp3) is 0. The van der Waals surface area contributed by atoms with Gasteiger partial charge in [-0.3, -0.25) is 5.10 Å². The maximum absolute atomic E-state index is 4.99. The molecule has 0 atom stereocenters. The predicted octanol–water partition coefficient (Wildman–Crippen LogP) is 4.61. The van der Waals surface area contributed by atoms with Crippen LogP contribution in [0.1, 0.15) is 0 Å². The van der Waals surface area contributed by atoms with Crippen LogP contribution in [0, 0.1) is 3.95 Å². The van der Waals surface area contributed by atoms with E-state index >= 15 is 0 Å². The first kappa shape index (κ1) is 12.1. The molecule has 0 amide bonds. The SMILES string of the molecule is S=c1[nH]nc(Nc2ccc(-c3ccccc3)cc2)s1. The molecule has 5 heteroatoms. The molecule has 0 spiro atoms. The zero-order valence-electron chi connectivity index (χ0n) is 9.96. The van der Waals surface area contributed by atoms with E-state index in [4.69, 9.17) is 12.2 Å². The number of aromatic nitrogens is 2. The van der Waals surface area contributed by atoms with Crippen LogP contribution >= 0.6 is 23.6 Å². The van der Waals surface area contributed by atoms with Crippen molar-refractivity contribution in [3.8, 4) is 11.1 Å². The van der Waals surface area contributed by atoms with Crippen LogP contribution in [0.25, 0.3) is 11.1 Å². The van der Waals surface area contributed by atoms with E-state index in [-0.39, 0.29) is 0 Å². The van der Waals surface area contributed by atoms with Gasteiger partial charge in [0.05, 0.1) is 0 Å². The molecule has 2 aromatic carbocycles. The maximum atomic E-state index is 4.99. The average molecular weight is 285 g/mol. The lowest BCUT2D eigenvalue weighted by molar-refractivity contribution is 1.08. The lowest BCUT2D eigenvalue weighted by Gasteiger charge is -2.04. The van der Waals surface area contributed by atoms with Gasteiger partial charge in [0.15, 0.2) is 3.95 Å². The van der Waals surface area contributed by atoms with Gasteiger partial charge in [-0.2, -0.15) is 0 Å². The number of benzene rings is 2. The summed E-state index contributed by atoms with van der Waals surface area (Å²) in [4.78, 5) is 0. The Kier molecular flexibility index (Phi) is 3.39. The normalized spacial score (nSPS) is 10.3. The van der Waals surface area contributed by atoms with Gasteiger partial charge >= 0.3 is 0 Å². The third kappa shape index (κ3) is 2.89. The topological polar surface area (TPSA) is 40.7 Å². The molecule has 0 fully saturated rings. The van der Waals surface area contributed by atoms with Gasteiger partial charge in [0.25, 0.3) is 0 Å². The van der Waals surface area contributed by atoms with Crippen molar-refractivity contribution in [1.82, 2.24) is 10.2 Å². The number of hydrogen-bond donors (Lipinski definition) is 2. The Morgan fingerprint density at radius 2 is 1.63 bits per heavy atom. The highest BCUT2D eigenvalue weighted by molar-refractivity contribution is 7.73. The van der Waals surface area contributed by atoms with Crippen LogP contribution in [0.4, 0.5) is 10.8 Å².